The number of fused-ring (bicyclic) bond motifs is 1. The smallest absolute Gasteiger partial charge is 0.171 e. The predicted molar refractivity (Wildman–Crippen MR) is 60.9 cm³/mol. The van der Waals surface area contributed by atoms with E-state index in [1.807, 2.05) is 30.3 Å². The number of benzene rings is 1. The van der Waals surface area contributed by atoms with E-state index in [0.717, 1.165) is 23.3 Å². The summed E-state index contributed by atoms with van der Waals surface area (Å²) >= 11 is 0. The quantitative estimate of drug-likeness (QED) is 0.715. The highest BCUT2D eigenvalue weighted by atomic mass is 16.5. The molecule has 2 heteroatoms. The second-order valence-electron chi connectivity index (χ2n) is 4.05. The number of ketones is 1. The van der Waals surface area contributed by atoms with Crippen molar-refractivity contribution in [3.05, 3.63) is 59.4 Å². The third-order valence-corrected chi connectivity index (χ3v) is 3.03. The molecule has 0 radical (unpaired) electrons. The molecule has 0 fully saturated rings. The Kier molecular flexibility index (Phi) is 2.13. The third kappa shape index (κ3) is 1.38. The molecular formula is C14H12O2. The summed E-state index contributed by atoms with van der Waals surface area (Å²) < 4.78 is 5.50. The maximum absolute atomic E-state index is 11.9. The van der Waals surface area contributed by atoms with Gasteiger partial charge < -0.3 is 4.74 Å². The Bertz CT molecular complexity index is 483. The van der Waals surface area contributed by atoms with Crippen molar-refractivity contribution in [3.8, 4) is 0 Å². The lowest BCUT2D eigenvalue weighted by atomic mass is 9.90. The van der Waals surface area contributed by atoms with Crippen LogP contribution in [0.25, 0.3) is 0 Å². The highest BCUT2D eigenvalue weighted by Crippen LogP contribution is 2.38. The zero-order valence-corrected chi connectivity index (χ0v) is 8.85. The minimum Gasteiger partial charge on any atom is -0.493 e. The molecule has 80 valence electrons. The molecule has 1 aromatic rings. The molecule has 2 nitrogen and oxygen atoms in total. The molecule has 2 aliphatic rings. The number of carbonyl (C=O) groups is 1. The Hall–Kier alpha value is -1.83. The van der Waals surface area contributed by atoms with Crippen LogP contribution in [0.15, 0.2) is 53.8 Å². The zero-order chi connectivity index (χ0) is 11.0. The lowest BCUT2D eigenvalue weighted by Gasteiger charge is -2.18. The fourth-order valence-electron chi connectivity index (χ4n) is 2.31. The first kappa shape index (κ1) is 9.40. The normalized spacial score (nSPS) is 23.2. The zero-order valence-electron chi connectivity index (χ0n) is 8.85. The van der Waals surface area contributed by atoms with Crippen molar-refractivity contribution in [2.24, 2.45) is 0 Å². The highest BCUT2D eigenvalue weighted by molar-refractivity contribution is 6.03. The van der Waals surface area contributed by atoms with Gasteiger partial charge in [-0.1, -0.05) is 36.4 Å². The van der Waals surface area contributed by atoms with Gasteiger partial charge in [-0.15, -0.1) is 0 Å². The molecule has 1 atom stereocenters. The van der Waals surface area contributed by atoms with Crippen LogP contribution in [0.5, 0.6) is 0 Å². The summed E-state index contributed by atoms with van der Waals surface area (Å²) in [6.45, 7) is 0.685. The molecule has 0 saturated heterocycles. The molecule has 1 heterocycles. The second kappa shape index (κ2) is 3.63. The molecule has 0 N–H and O–H groups in total. The third-order valence-electron chi connectivity index (χ3n) is 3.03. The van der Waals surface area contributed by atoms with Crippen molar-refractivity contribution < 1.29 is 9.53 Å². The van der Waals surface area contributed by atoms with Gasteiger partial charge in [0, 0.05) is 18.1 Å². The molecule has 3 rings (SSSR count). The van der Waals surface area contributed by atoms with Gasteiger partial charge in [-0.05, 0) is 5.56 Å². The van der Waals surface area contributed by atoms with Crippen LogP contribution in [-0.4, -0.2) is 12.4 Å². The maximum Gasteiger partial charge on any atom is 0.171 e. The molecule has 16 heavy (non-hydrogen) atoms. The van der Waals surface area contributed by atoms with Gasteiger partial charge in [-0.2, -0.15) is 0 Å². The average Bonchev–Trinajstić information content (AvgIpc) is 2.66. The topological polar surface area (TPSA) is 26.3 Å². The van der Waals surface area contributed by atoms with Gasteiger partial charge in [-0.25, -0.2) is 0 Å². The van der Waals surface area contributed by atoms with Crippen molar-refractivity contribution in [2.75, 3.05) is 6.61 Å². The number of ether oxygens (including phenoxy) is 1. The van der Waals surface area contributed by atoms with Gasteiger partial charge in [0.05, 0.1) is 12.5 Å². The van der Waals surface area contributed by atoms with Crippen LogP contribution in [-0.2, 0) is 9.53 Å². The Morgan fingerprint density at radius 2 is 2.00 bits per heavy atom. The molecule has 1 aromatic carbocycles. The summed E-state index contributed by atoms with van der Waals surface area (Å²) in [6, 6.07) is 9.88. The molecule has 1 aliphatic carbocycles. The molecule has 1 unspecified atom stereocenters. The molecule has 0 spiro atoms. The fraction of sp³-hybridized carbons (Fsp3) is 0.214. The highest BCUT2D eigenvalue weighted by Gasteiger charge is 2.34. The van der Waals surface area contributed by atoms with E-state index in [1.54, 1.807) is 6.08 Å². The van der Waals surface area contributed by atoms with E-state index in [9.17, 15) is 4.79 Å². The van der Waals surface area contributed by atoms with E-state index < -0.39 is 0 Å². The van der Waals surface area contributed by atoms with Gasteiger partial charge in [0.2, 0.25) is 0 Å². The number of rotatable bonds is 1. The minimum absolute atomic E-state index is 0.134. The first-order valence-corrected chi connectivity index (χ1v) is 5.50. The minimum atomic E-state index is -0.142. The van der Waals surface area contributed by atoms with E-state index in [-0.39, 0.29) is 11.7 Å². The molecular weight excluding hydrogens is 200 g/mol. The second-order valence-corrected chi connectivity index (χ2v) is 4.05. The number of allylic oxidation sites excluding steroid dienone is 2. The van der Waals surface area contributed by atoms with Crippen molar-refractivity contribution >= 4 is 5.78 Å². The summed E-state index contributed by atoms with van der Waals surface area (Å²) in [6.07, 6.45) is 4.64. The van der Waals surface area contributed by atoms with Crippen molar-refractivity contribution in [2.45, 2.75) is 12.3 Å². The Morgan fingerprint density at radius 3 is 2.81 bits per heavy atom. The summed E-state index contributed by atoms with van der Waals surface area (Å²) in [5.74, 6) is 0.760. The monoisotopic (exact) mass is 212 g/mol. The molecule has 1 aliphatic heterocycles. The van der Waals surface area contributed by atoms with Crippen LogP contribution in [0.1, 0.15) is 17.9 Å². The van der Waals surface area contributed by atoms with E-state index in [0.29, 0.717) is 6.61 Å². The summed E-state index contributed by atoms with van der Waals surface area (Å²) in [7, 11) is 0. The largest absolute Gasteiger partial charge is 0.493 e. The SMILES string of the molecule is O=C1C=C2OCCC=C2C1c1ccccc1. The van der Waals surface area contributed by atoms with Crippen molar-refractivity contribution in [3.63, 3.8) is 0 Å². The van der Waals surface area contributed by atoms with Crippen LogP contribution >= 0.6 is 0 Å². The summed E-state index contributed by atoms with van der Waals surface area (Å²) in [4.78, 5) is 11.9. The number of hydrogen-bond acceptors (Lipinski definition) is 2. The first-order valence-electron chi connectivity index (χ1n) is 5.50. The summed E-state index contributed by atoms with van der Waals surface area (Å²) in [5.41, 5.74) is 2.10. The van der Waals surface area contributed by atoms with Gasteiger partial charge >= 0.3 is 0 Å². The van der Waals surface area contributed by atoms with E-state index >= 15 is 0 Å². The molecule has 0 bridgehead atoms. The van der Waals surface area contributed by atoms with Crippen molar-refractivity contribution in [1.29, 1.82) is 0 Å². The maximum atomic E-state index is 11.9. The average molecular weight is 212 g/mol. The van der Waals surface area contributed by atoms with Crippen LogP contribution in [0.3, 0.4) is 0 Å². The summed E-state index contributed by atoms with van der Waals surface area (Å²) in [5, 5.41) is 0. The van der Waals surface area contributed by atoms with Crippen LogP contribution < -0.4 is 0 Å². The Labute approximate surface area is 94.2 Å². The number of hydrogen-bond donors (Lipinski definition) is 0. The fourth-order valence-corrected chi connectivity index (χ4v) is 2.31. The Balaban J connectivity index is 2.04. The van der Waals surface area contributed by atoms with Gasteiger partial charge in [0.1, 0.15) is 5.76 Å². The van der Waals surface area contributed by atoms with Crippen LogP contribution in [0.4, 0.5) is 0 Å². The van der Waals surface area contributed by atoms with E-state index in [1.165, 1.54) is 0 Å². The van der Waals surface area contributed by atoms with Crippen LogP contribution in [0, 0.1) is 0 Å². The molecule has 0 saturated carbocycles. The molecule has 0 amide bonds. The Morgan fingerprint density at radius 1 is 1.19 bits per heavy atom. The lowest BCUT2D eigenvalue weighted by molar-refractivity contribution is -0.114. The predicted octanol–water partition coefficient (Wildman–Crippen LogP) is 2.58. The lowest BCUT2D eigenvalue weighted by Crippen LogP contribution is -2.10. The van der Waals surface area contributed by atoms with Crippen LogP contribution in [0.2, 0.25) is 0 Å². The first-order chi connectivity index (χ1) is 7.86. The van der Waals surface area contributed by atoms with Gasteiger partial charge in [-0.3, -0.25) is 4.79 Å². The van der Waals surface area contributed by atoms with Crippen molar-refractivity contribution in [1.82, 2.24) is 0 Å². The molecule has 0 aromatic heterocycles. The number of carbonyl (C=O) groups excluding carboxylic acids is 1. The van der Waals surface area contributed by atoms with Gasteiger partial charge in [0.15, 0.2) is 5.78 Å². The van der Waals surface area contributed by atoms with E-state index in [2.05, 4.69) is 6.08 Å². The standard InChI is InChI=1S/C14H12O2/c15-12-9-13-11(7-4-8-16-13)14(12)10-5-2-1-3-6-10/h1-3,5-7,9,14H,4,8H2. The van der Waals surface area contributed by atoms with Gasteiger partial charge in [0.25, 0.3) is 0 Å². The van der Waals surface area contributed by atoms with E-state index in [4.69, 9.17) is 4.74 Å².